The average Bonchev–Trinajstić information content (AvgIpc) is 3.16. The maximum absolute atomic E-state index is 4.27. The summed E-state index contributed by atoms with van der Waals surface area (Å²) in [7, 11) is 2.20. The van der Waals surface area contributed by atoms with Crippen LogP contribution in [0.2, 0.25) is 0 Å². The molecule has 0 spiro atoms. The molecule has 1 aliphatic heterocycles. The Labute approximate surface area is 115 Å². The van der Waals surface area contributed by atoms with Gasteiger partial charge in [0, 0.05) is 58.1 Å². The van der Waals surface area contributed by atoms with E-state index < -0.39 is 0 Å². The lowest BCUT2D eigenvalue weighted by Crippen LogP contribution is -2.46. The highest BCUT2D eigenvalue weighted by molar-refractivity contribution is 5.03. The summed E-state index contributed by atoms with van der Waals surface area (Å²) in [6.45, 7) is 7.99. The molecule has 19 heavy (non-hydrogen) atoms. The number of hydrogen-bond donors (Lipinski definition) is 1. The van der Waals surface area contributed by atoms with Gasteiger partial charge in [-0.15, -0.1) is 0 Å². The van der Waals surface area contributed by atoms with Crippen molar-refractivity contribution in [3.63, 3.8) is 0 Å². The van der Waals surface area contributed by atoms with Crippen LogP contribution in [0.1, 0.15) is 24.6 Å². The van der Waals surface area contributed by atoms with Crippen LogP contribution in [0.3, 0.4) is 0 Å². The van der Waals surface area contributed by atoms with Gasteiger partial charge in [0.1, 0.15) is 0 Å². The van der Waals surface area contributed by atoms with Gasteiger partial charge in [-0.2, -0.15) is 0 Å². The molecule has 5 nitrogen and oxygen atoms in total. The van der Waals surface area contributed by atoms with Crippen molar-refractivity contribution < 1.29 is 0 Å². The second kappa shape index (κ2) is 6.03. The highest BCUT2D eigenvalue weighted by Gasteiger charge is 2.24. The van der Waals surface area contributed by atoms with Gasteiger partial charge >= 0.3 is 0 Å². The van der Waals surface area contributed by atoms with Crippen molar-refractivity contribution in [1.82, 2.24) is 24.7 Å². The number of piperazine rings is 1. The lowest BCUT2D eigenvalue weighted by Gasteiger charge is -2.32. The van der Waals surface area contributed by atoms with Gasteiger partial charge in [0.2, 0.25) is 0 Å². The molecule has 0 radical (unpaired) electrons. The molecule has 2 aliphatic rings. The molecule has 0 unspecified atom stereocenters. The van der Waals surface area contributed by atoms with Gasteiger partial charge in [-0.1, -0.05) is 0 Å². The molecule has 1 saturated carbocycles. The Balaban J connectivity index is 1.35. The first-order valence-electron chi connectivity index (χ1n) is 7.45. The smallest absolute Gasteiger partial charge is 0.0951 e. The van der Waals surface area contributed by atoms with E-state index in [1.807, 2.05) is 12.5 Å². The normalized spacial score (nSPS) is 21.9. The second-order valence-corrected chi connectivity index (χ2v) is 5.85. The standard InChI is InChI=1S/C14H25N5/c1-17-6-8-18(9-7-17)5-4-15-10-14-11-16-12-19(14)13-2-3-13/h11-13,15H,2-10H2,1H3. The van der Waals surface area contributed by atoms with Gasteiger partial charge in [0.25, 0.3) is 0 Å². The molecule has 0 atom stereocenters. The fraction of sp³-hybridized carbons (Fsp3) is 0.786. The van der Waals surface area contributed by atoms with E-state index in [1.165, 1.54) is 44.7 Å². The third-order valence-electron chi connectivity index (χ3n) is 4.19. The molecule has 5 heteroatoms. The number of imidazole rings is 1. The largest absolute Gasteiger partial charge is 0.330 e. The summed E-state index contributed by atoms with van der Waals surface area (Å²) in [5, 5.41) is 3.55. The van der Waals surface area contributed by atoms with Crippen molar-refractivity contribution in [3.05, 3.63) is 18.2 Å². The third kappa shape index (κ3) is 3.55. The van der Waals surface area contributed by atoms with Gasteiger partial charge in [-0.05, 0) is 19.9 Å². The Morgan fingerprint density at radius 2 is 2.05 bits per heavy atom. The molecule has 2 heterocycles. The Kier molecular flexibility index (Phi) is 4.15. The van der Waals surface area contributed by atoms with E-state index in [0.717, 1.165) is 25.7 Å². The fourth-order valence-corrected chi connectivity index (χ4v) is 2.68. The maximum atomic E-state index is 4.27. The Bertz CT molecular complexity index is 390. The SMILES string of the molecule is CN1CCN(CCNCc2cncn2C2CC2)CC1. The third-order valence-corrected chi connectivity index (χ3v) is 4.19. The van der Waals surface area contributed by atoms with Crippen molar-refractivity contribution in [2.45, 2.75) is 25.4 Å². The van der Waals surface area contributed by atoms with Crippen LogP contribution in [0.25, 0.3) is 0 Å². The Hall–Kier alpha value is -0.910. The first-order valence-corrected chi connectivity index (χ1v) is 7.45. The maximum Gasteiger partial charge on any atom is 0.0951 e. The summed E-state index contributed by atoms with van der Waals surface area (Å²) in [6, 6.07) is 0.733. The van der Waals surface area contributed by atoms with Crippen molar-refractivity contribution in [2.75, 3.05) is 46.3 Å². The number of aromatic nitrogens is 2. The van der Waals surface area contributed by atoms with Crippen molar-refractivity contribution in [2.24, 2.45) is 0 Å². The first kappa shape index (κ1) is 13.1. The number of rotatable bonds is 6. The van der Waals surface area contributed by atoms with Crippen LogP contribution < -0.4 is 5.32 Å². The summed E-state index contributed by atoms with van der Waals surface area (Å²) in [5.41, 5.74) is 1.33. The van der Waals surface area contributed by atoms with E-state index in [4.69, 9.17) is 0 Å². The lowest BCUT2D eigenvalue weighted by atomic mass is 10.3. The minimum atomic E-state index is 0.733. The van der Waals surface area contributed by atoms with Crippen LogP contribution in [-0.4, -0.2) is 65.7 Å². The van der Waals surface area contributed by atoms with E-state index in [1.54, 1.807) is 0 Å². The van der Waals surface area contributed by atoms with Crippen LogP contribution in [0, 0.1) is 0 Å². The van der Waals surface area contributed by atoms with Gasteiger partial charge in [0.05, 0.1) is 12.0 Å². The zero-order valence-electron chi connectivity index (χ0n) is 11.9. The van der Waals surface area contributed by atoms with Gasteiger partial charge in [-0.25, -0.2) is 4.98 Å². The van der Waals surface area contributed by atoms with E-state index >= 15 is 0 Å². The number of nitrogens with zero attached hydrogens (tertiary/aromatic N) is 4. The first-order chi connectivity index (χ1) is 9.33. The summed E-state index contributed by atoms with van der Waals surface area (Å²) < 4.78 is 2.34. The molecule has 0 bridgehead atoms. The molecule has 1 aromatic heterocycles. The summed E-state index contributed by atoms with van der Waals surface area (Å²) in [4.78, 5) is 9.22. The molecular weight excluding hydrogens is 238 g/mol. The molecule has 3 rings (SSSR count). The van der Waals surface area contributed by atoms with E-state index in [0.29, 0.717) is 0 Å². The van der Waals surface area contributed by atoms with Gasteiger partial charge in [-0.3, -0.25) is 4.90 Å². The van der Waals surface area contributed by atoms with E-state index in [-0.39, 0.29) is 0 Å². The molecular formula is C14H25N5. The molecule has 2 fully saturated rings. The summed E-state index contributed by atoms with van der Waals surface area (Å²) >= 11 is 0. The topological polar surface area (TPSA) is 36.3 Å². The Morgan fingerprint density at radius 3 is 2.79 bits per heavy atom. The van der Waals surface area contributed by atoms with Crippen LogP contribution in [0.15, 0.2) is 12.5 Å². The van der Waals surface area contributed by atoms with Gasteiger partial charge < -0.3 is 14.8 Å². The van der Waals surface area contributed by atoms with Crippen molar-refractivity contribution in [3.8, 4) is 0 Å². The molecule has 1 saturated heterocycles. The minimum absolute atomic E-state index is 0.733. The zero-order chi connectivity index (χ0) is 13.1. The minimum Gasteiger partial charge on any atom is -0.330 e. The van der Waals surface area contributed by atoms with E-state index in [9.17, 15) is 0 Å². The van der Waals surface area contributed by atoms with Crippen LogP contribution >= 0.6 is 0 Å². The quantitative estimate of drug-likeness (QED) is 0.761. The fourth-order valence-electron chi connectivity index (χ4n) is 2.68. The van der Waals surface area contributed by atoms with E-state index in [2.05, 4.69) is 31.7 Å². The highest BCUT2D eigenvalue weighted by atomic mass is 15.2. The summed E-state index contributed by atoms with van der Waals surface area (Å²) in [5.74, 6) is 0. The monoisotopic (exact) mass is 263 g/mol. The summed E-state index contributed by atoms with van der Waals surface area (Å²) in [6.07, 6.45) is 6.63. The number of nitrogens with one attached hydrogen (secondary N) is 1. The van der Waals surface area contributed by atoms with Crippen LogP contribution in [0.4, 0.5) is 0 Å². The van der Waals surface area contributed by atoms with Crippen molar-refractivity contribution >= 4 is 0 Å². The van der Waals surface area contributed by atoms with Crippen molar-refractivity contribution in [1.29, 1.82) is 0 Å². The lowest BCUT2D eigenvalue weighted by molar-refractivity contribution is 0.154. The predicted octanol–water partition coefficient (Wildman–Crippen LogP) is 0.555. The predicted molar refractivity (Wildman–Crippen MR) is 76.1 cm³/mol. The molecule has 0 amide bonds. The molecule has 0 aromatic carbocycles. The van der Waals surface area contributed by atoms with Crippen LogP contribution in [-0.2, 0) is 6.54 Å². The number of hydrogen-bond acceptors (Lipinski definition) is 4. The zero-order valence-corrected chi connectivity index (χ0v) is 11.9. The number of likely N-dealkylation sites (N-methyl/N-ethyl adjacent to an activating group) is 1. The molecule has 106 valence electrons. The highest BCUT2D eigenvalue weighted by Crippen LogP contribution is 2.35. The molecule has 1 N–H and O–H groups in total. The average molecular weight is 263 g/mol. The second-order valence-electron chi connectivity index (χ2n) is 5.85. The molecule has 1 aliphatic carbocycles. The molecule has 1 aromatic rings. The Morgan fingerprint density at radius 1 is 1.26 bits per heavy atom. The van der Waals surface area contributed by atoms with Gasteiger partial charge in [0.15, 0.2) is 0 Å². The van der Waals surface area contributed by atoms with Crippen LogP contribution in [0.5, 0.6) is 0 Å².